The van der Waals surface area contributed by atoms with E-state index in [1.54, 1.807) is 13.1 Å². The lowest BCUT2D eigenvalue weighted by atomic mass is 9.90. The Bertz CT molecular complexity index is 604. The molecule has 2 atom stereocenters. The molecule has 0 radical (unpaired) electrons. The number of hydrogen-bond donors (Lipinski definition) is 1. The van der Waals surface area contributed by atoms with Gasteiger partial charge in [-0.15, -0.1) is 0 Å². The maximum absolute atomic E-state index is 14.2. The van der Waals surface area contributed by atoms with E-state index in [1.165, 1.54) is 16.4 Å². The smallest absolute Gasteiger partial charge is 0.245 e. The SMILES string of the molecule is CNCc1ccc(S(=O)(=O)N2CCC(C)C(C)C2)c(F)c1. The molecule has 4 nitrogen and oxygen atoms in total. The Morgan fingerprint density at radius 1 is 1.33 bits per heavy atom. The largest absolute Gasteiger partial charge is 0.316 e. The summed E-state index contributed by atoms with van der Waals surface area (Å²) in [4.78, 5) is -0.218. The molecular weight excluding hydrogens is 291 g/mol. The highest BCUT2D eigenvalue weighted by molar-refractivity contribution is 7.89. The van der Waals surface area contributed by atoms with Crippen LogP contribution in [-0.4, -0.2) is 32.9 Å². The van der Waals surface area contributed by atoms with Crippen LogP contribution in [0.4, 0.5) is 4.39 Å². The third kappa shape index (κ3) is 3.44. The first-order valence-corrected chi connectivity index (χ1v) is 8.73. The standard InChI is InChI=1S/C15H23FN2O2S/c1-11-6-7-18(10-12(11)2)21(19,20)15-5-4-13(9-17-3)8-14(15)16/h4-5,8,11-12,17H,6-7,9-10H2,1-3H3. The second kappa shape index (κ2) is 6.42. The number of halogens is 1. The molecule has 1 aliphatic heterocycles. The van der Waals surface area contributed by atoms with Gasteiger partial charge < -0.3 is 5.32 Å². The van der Waals surface area contributed by atoms with Gasteiger partial charge in [0, 0.05) is 19.6 Å². The third-order valence-electron chi connectivity index (χ3n) is 4.29. The summed E-state index contributed by atoms with van der Waals surface area (Å²) in [6.45, 7) is 5.60. The van der Waals surface area contributed by atoms with Gasteiger partial charge in [-0.3, -0.25) is 0 Å². The topological polar surface area (TPSA) is 49.4 Å². The van der Waals surface area contributed by atoms with Gasteiger partial charge in [-0.2, -0.15) is 4.31 Å². The van der Waals surface area contributed by atoms with Gasteiger partial charge in [-0.25, -0.2) is 12.8 Å². The molecule has 0 aromatic heterocycles. The highest BCUT2D eigenvalue weighted by atomic mass is 32.2. The Morgan fingerprint density at radius 2 is 2.05 bits per heavy atom. The molecule has 2 rings (SSSR count). The highest BCUT2D eigenvalue weighted by Crippen LogP contribution is 2.28. The molecule has 2 unspecified atom stereocenters. The van der Waals surface area contributed by atoms with E-state index in [-0.39, 0.29) is 4.90 Å². The second-order valence-electron chi connectivity index (χ2n) is 5.90. The predicted molar refractivity (Wildman–Crippen MR) is 80.9 cm³/mol. The molecule has 21 heavy (non-hydrogen) atoms. The van der Waals surface area contributed by atoms with E-state index in [2.05, 4.69) is 12.2 Å². The van der Waals surface area contributed by atoms with Gasteiger partial charge in [0.05, 0.1) is 0 Å². The Hall–Kier alpha value is -0.980. The summed E-state index contributed by atoms with van der Waals surface area (Å²) in [6.07, 6.45) is 0.819. The Balaban J connectivity index is 2.27. The number of nitrogens with one attached hydrogen (secondary N) is 1. The molecule has 1 aromatic rings. The average Bonchev–Trinajstić information content (AvgIpc) is 2.42. The first kappa shape index (κ1) is 16.4. The normalized spacial score (nSPS) is 24.2. The van der Waals surface area contributed by atoms with Crippen molar-refractivity contribution in [2.45, 2.75) is 31.7 Å². The minimum absolute atomic E-state index is 0.218. The van der Waals surface area contributed by atoms with E-state index in [4.69, 9.17) is 0 Å². The van der Waals surface area contributed by atoms with E-state index in [1.807, 2.05) is 6.92 Å². The van der Waals surface area contributed by atoms with Crippen molar-refractivity contribution >= 4 is 10.0 Å². The van der Waals surface area contributed by atoms with Gasteiger partial charge in [0.2, 0.25) is 10.0 Å². The maximum Gasteiger partial charge on any atom is 0.245 e. The zero-order chi connectivity index (χ0) is 15.6. The molecule has 6 heteroatoms. The fraction of sp³-hybridized carbons (Fsp3) is 0.600. The first-order chi connectivity index (χ1) is 9.86. The number of sulfonamides is 1. The van der Waals surface area contributed by atoms with Crippen LogP contribution < -0.4 is 5.32 Å². The molecule has 0 saturated carbocycles. The minimum Gasteiger partial charge on any atom is -0.316 e. The van der Waals surface area contributed by atoms with Gasteiger partial charge in [0.15, 0.2) is 0 Å². The van der Waals surface area contributed by atoms with Gasteiger partial charge in [0.25, 0.3) is 0 Å². The Kier molecular flexibility index (Phi) is 5.01. The Morgan fingerprint density at radius 3 is 2.62 bits per heavy atom. The molecule has 1 fully saturated rings. The molecule has 118 valence electrons. The lowest BCUT2D eigenvalue weighted by Crippen LogP contribution is -2.42. The zero-order valence-electron chi connectivity index (χ0n) is 12.8. The maximum atomic E-state index is 14.2. The van der Waals surface area contributed by atoms with Crippen molar-refractivity contribution in [1.29, 1.82) is 0 Å². The van der Waals surface area contributed by atoms with Crippen molar-refractivity contribution in [3.63, 3.8) is 0 Å². The molecule has 1 N–H and O–H groups in total. The van der Waals surface area contributed by atoms with Crippen LogP contribution >= 0.6 is 0 Å². The molecule has 1 heterocycles. The van der Waals surface area contributed by atoms with E-state index < -0.39 is 15.8 Å². The summed E-state index contributed by atoms with van der Waals surface area (Å²) >= 11 is 0. The number of benzene rings is 1. The molecule has 0 aliphatic carbocycles. The average molecular weight is 314 g/mol. The molecule has 1 aromatic carbocycles. The van der Waals surface area contributed by atoms with Crippen LogP contribution in [0.2, 0.25) is 0 Å². The number of piperidine rings is 1. The fourth-order valence-corrected chi connectivity index (χ4v) is 4.25. The van der Waals surface area contributed by atoms with Crippen LogP contribution in [0.3, 0.4) is 0 Å². The van der Waals surface area contributed by atoms with Crippen LogP contribution in [0.5, 0.6) is 0 Å². The van der Waals surface area contributed by atoms with E-state index in [9.17, 15) is 12.8 Å². The van der Waals surface area contributed by atoms with Crippen molar-refractivity contribution in [1.82, 2.24) is 9.62 Å². The van der Waals surface area contributed by atoms with Crippen LogP contribution in [-0.2, 0) is 16.6 Å². The van der Waals surface area contributed by atoms with Crippen molar-refractivity contribution in [2.75, 3.05) is 20.1 Å². The third-order valence-corrected chi connectivity index (χ3v) is 6.19. The summed E-state index contributed by atoms with van der Waals surface area (Å²) in [5.41, 5.74) is 0.731. The van der Waals surface area contributed by atoms with E-state index >= 15 is 0 Å². The van der Waals surface area contributed by atoms with E-state index in [0.29, 0.717) is 31.5 Å². The monoisotopic (exact) mass is 314 g/mol. The zero-order valence-corrected chi connectivity index (χ0v) is 13.6. The summed E-state index contributed by atoms with van der Waals surface area (Å²) in [7, 11) is -1.98. The van der Waals surface area contributed by atoms with E-state index in [0.717, 1.165) is 12.0 Å². The summed E-state index contributed by atoms with van der Waals surface area (Å²) in [5, 5.41) is 2.92. The van der Waals surface area contributed by atoms with Crippen LogP contribution in [0, 0.1) is 17.7 Å². The van der Waals surface area contributed by atoms with Crippen molar-refractivity contribution < 1.29 is 12.8 Å². The molecule has 0 spiro atoms. The Labute approximate surface area is 126 Å². The number of nitrogens with zero attached hydrogens (tertiary/aromatic N) is 1. The van der Waals surface area contributed by atoms with Crippen LogP contribution in [0.25, 0.3) is 0 Å². The molecule has 1 aliphatic rings. The van der Waals surface area contributed by atoms with Crippen LogP contribution in [0.15, 0.2) is 23.1 Å². The summed E-state index contributed by atoms with van der Waals surface area (Å²) < 4.78 is 40.8. The fourth-order valence-electron chi connectivity index (χ4n) is 2.65. The number of rotatable bonds is 4. The quantitative estimate of drug-likeness (QED) is 0.927. The van der Waals surface area contributed by atoms with Gasteiger partial charge in [0.1, 0.15) is 10.7 Å². The lowest BCUT2D eigenvalue weighted by Gasteiger charge is -2.34. The molecule has 0 amide bonds. The minimum atomic E-state index is -3.74. The molecule has 1 saturated heterocycles. The second-order valence-corrected chi connectivity index (χ2v) is 7.81. The van der Waals surface area contributed by atoms with Gasteiger partial charge in [-0.05, 0) is 43.0 Å². The predicted octanol–water partition coefficient (Wildman–Crippen LogP) is 2.21. The first-order valence-electron chi connectivity index (χ1n) is 7.29. The summed E-state index contributed by atoms with van der Waals surface area (Å²) in [5.74, 6) is 0.119. The van der Waals surface area contributed by atoms with Crippen LogP contribution in [0.1, 0.15) is 25.8 Å². The van der Waals surface area contributed by atoms with Crippen molar-refractivity contribution in [3.05, 3.63) is 29.6 Å². The van der Waals surface area contributed by atoms with Gasteiger partial charge in [-0.1, -0.05) is 19.9 Å². The van der Waals surface area contributed by atoms with Crippen molar-refractivity contribution in [3.8, 4) is 0 Å². The highest BCUT2D eigenvalue weighted by Gasteiger charge is 2.33. The van der Waals surface area contributed by atoms with Gasteiger partial charge >= 0.3 is 0 Å². The lowest BCUT2D eigenvalue weighted by molar-refractivity contribution is 0.212. The molecular formula is C15H23FN2O2S. The number of hydrogen-bond acceptors (Lipinski definition) is 3. The molecule has 0 bridgehead atoms. The van der Waals surface area contributed by atoms with Crippen molar-refractivity contribution in [2.24, 2.45) is 11.8 Å². The summed E-state index contributed by atoms with van der Waals surface area (Å²) in [6, 6.07) is 4.32.